The van der Waals surface area contributed by atoms with E-state index in [4.69, 9.17) is 9.84 Å². The van der Waals surface area contributed by atoms with Crippen LogP contribution in [0.2, 0.25) is 0 Å². The van der Waals surface area contributed by atoms with Crippen LogP contribution in [-0.2, 0) is 28.7 Å². The third-order valence-electron chi connectivity index (χ3n) is 4.68. The molecule has 1 heterocycles. The van der Waals surface area contributed by atoms with Gasteiger partial charge in [0.15, 0.2) is 0 Å². The Bertz CT molecular complexity index is 1110. The van der Waals surface area contributed by atoms with Crippen molar-refractivity contribution in [3.05, 3.63) is 59.8 Å². The maximum Gasteiger partial charge on any atom is 0.304 e. The molecule has 8 heteroatoms. The van der Waals surface area contributed by atoms with E-state index < -0.39 is 16.8 Å². The summed E-state index contributed by atoms with van der Waals surface area (Å²) >= 11 is 0. The normalized spacial score (nSPS) is 12.3. The van der Waals surface area contributed by atoms with Crippen LogP contribution < -0.4 is 4.74 Å². The van der Waals surface area contributed by atoms with E-state index in [1.165, 1.54) is 0 Å². The molecule has 0 bridgehead atoms. The highest BCUT2D eigenvalue weighted by molar-refractivity contribution is 7.84. The zero-order chi connectivity index (χ0) is 21.5. The van der Waals surface area contributed by atoms with Crippen molar-refractivity contribution in [2.24, 2.45) is 0 Å². The van der Waals surface area contributed by atoms with Gasteiger partial charge in [-0.2, -0.15) is 5.10 Å². The molecule has 0 spiro atoms. The van der Waals surface area contributed by atoms with Crippen molar-refractivity contribution in [3.63, 3.8) is 0 Å². The maximum atomic E-state index is 11.3. The van der Waals surface area contributed by atoms with Gasteiger partial charge in [0.2, 0.25) is 0 Å². The van der Waals surface area contributed by atoms with Gasteiger partial charge >= 0.3 is 5.97 Å². The van der Waals surface area contributed by atoms with Crippen LogP contribution in [0.25, 0.3) is 10.9 Å². The Labute approximate surface area is 183 Å². The number of carboxylic acids is 1. The van der Waals surface area contributed by atoms with Gasteiger partial charge in [0, 0.05) is 28.2 Å². The molecule has 0 saturated carbocycles. The standard InChI is InChI=1S/C23H24N2O4S.H2O/c1-3-4-19(14-23(26)27)18-6-8-21(9-7-18)29-16-17-5-10-22-20(13-17)15-24-25(22)11-12-30(2)28;/h5-10,13,15,19H,11-12,14,16H2,1-2H3,(H,26,27);1H2/t19-,30?;/m0./s1. The number of nitrogens with zero attached hydrogens (tertiary/aromatic N) is 2. The van der Waals surface area contributed by atoms with Gasteiger partial charge in [-0.1, -0.05) is 24.1 Å². The number of benzene rings is 2. The smallest absolute Gasteiger partial charge is 0.304 e. The Morgan fingerprint density at radius 3 is 2.65 bits per heavy atom. The van der Waals surface area contributed by atoms with E-state index in [2.05, 4.69) is 16.9 Å². The third kappa shape index (κ3) is 6.67. The molecule has 0 fully saturated rings. The zero-order valence-corrected chi connectivity index (χ0v) is 18.3. The van der Waals surface area contributed by atoms with Gasteiger partial charge in [0.25, 0.3) is 0 Å². The molecule has 1 unspecified atom stereocenters. The third-order valence-corrected chi connectivity index (χ3v) is 5.44. The second-order valence-electron chi connectivity index (χ2n) is 6.94. The summed E-state index contributed by atoms with van der Waals surface area (Å²) in [6, 6.07) is 13.4. The molecule has 0 amide bonds. The molecule has 3 N–H and O–H groups in total. The Hall–Kier alpha value is -3.15. The quantitative estimate of drug-likeness (QED) is 0.512. The Kier molecular flexibility index (Phi) is 8.79. The van der Waals surface area contributed by atoms with Gasteiger partial charge in [-0.3, -0.25) is 13.7 Å². The molecule has 0 aliphatic carbocycles. The largest absolute Gasteiger partial charge is 0.489 e. The molecule has 164 valence electrons. The number of aromatic nitrogens is 2. The van der Waals surface area contributed by atoms with E-state index in [1.54, 1.807) is 13.2 Å². The predicted molar refractivity (Wildman–Crippen MR) is 121 cm³/mol. The van der Waals surface area contributed by atoms with Crippen LogP contribution in [0.15, 0.2) is 48.7 Å². The molecule has 1 aromatic heterocycles. The van der Waals surface area contributed by atoms with E-state index in [0.717, 1.165) is 22.0 Å². The van der Waals surface area contributed by atoms with Gasteiger partial charge in [-0.25, -0.2) is 0 Å². The Morgan fingerprint density at radius 2 is 2.00 bits per heavy atom. The number of hydrogen-bond acceptors (Lipinski definition) is 4. The lowest BCUT2D eigenvalue weighted by Crippen LogP contribution is -2.07. The number of aryl methyl sites for hydroxylation is 1. The van der Waals surface area contributed by atoms with E-state index >= 15 is 0 Å². The first-order valence-corrected chi connectivity index (χ1v) is 11.3. The van der Waals surface area contributed by atoms with E-state index in [1.807, 2.05) is 53.3 Å². The second-order valence-corrected chi connectivity index (χ2v) is 8.50. The number of aliphatic carboxylic acids is 1. The number of carboxylic acid groups (broad SMARTS) is 1. The van der Waals surface area contributed by atoms with Gasteiger partial charge in [-0.05, 0) is 42.3 Å². The van der Waals surface area contributed by atoms with Crippen molar-refractivity contribution >= 4 is 27.7 Å². The summed E-state index contributed by atoms with van der Waals surface area (Å²) in [5.74, 6) is 5.83. The molecule has 0 radical (unpaired) electrons. The zero-order valence-electron chi connectivity index (χ0n) is 17.5. The topological polar surface area (TPSA) is 113 Å². The lowest BCUT2D eigenvalue weighted by molar-refractivity contribution is -0.137. The first kappa shape index (κ1) is 24.1. The lowest BCUT2D eigenvalue weighted by atomic mass is 9.96. The maximum absolute atomic E-state index is 11.3. The Balaban J connectivity index is 0.00000341. The number of carbonyl (C=O) groups is 1. The first-order chi connectivity index (χ1) is 14.5. The fraction of sp³-hybridized carbons (Fsp3) is 0.304. The van der Waals surface area contributed by atoms with Crippen molar-refractivity contribution in [3.8, 4) is 17.6 Å². The fourth-order valence-electron chi connectivity index (χ4n) is 3.18. The van der Waals surface area contributed by atoms with Crippen molar-refractivity contribution in [1.82, 2.24) is 9.78 Å². The molecule has 3 aromatic rings. The Morgan fingerprint density at radius 1 is 1.26 bits per heavy atom. The molecular formula is C23H26N2O5S. The molecule has 0 aliphatic rings. The highest BCUT2D eigenvalue weighted by Gasteiger charge is 2.13. The molecule has 2 atom stereocenters. The van der Waals surface area contributed by atoms with Crippen LogP contribution in [0.4, 0.5) is 0 Å². The van der Waals surface area contributed by atoms with Crippen molar-refractivity contribution < 1.29 is 24.3 Å². The lowest BCUT2D eigenvalue weighted by Gasteiger charge is -2.11. The van der Waals surface area contributed by atoms with Gasteiger partial charge < -0.3 is 15.3 Å². The monoisotopic (exact) mass is 442 g/mol. The summed E-state index contributed by atoms with van der Waals surface area (Å²) in [5, 5.41) is 14.4. The van der Waals surface area contributed by atoms with Crippen molar-refractivity contribution in [1.29, 1.82) is 0 Å². The summed E-state index contributed by atoms with van der Waals surface area (Å²) in [6.07, 6.45) is 3.48. The number of rotatable bonds is 9. The van der Waals surface area contributed by atoms with Gasteiger partial charge in [0.1, 0.15) is 12.4 Å². The van der Waals surface area contributed by atoms with Crippen LogP contribution in [0.3, 0.4) is 0 Å². The summed E-state index contributed by atoms with van der Waals surface area (Å²) in [7, 11) is -0.848. The fourth-order valence-corrected chi connectivity index (χ4v) is 3.61. The van der Waals surface area contributed by atoms with Crippen LogP contribution in [0.1, 0.15) is 30.4 Å². The highest BCUT2D eigenvalue weighted by atomic mass is 32.2. The number of fused-ring (bicyclic) bond motifs is 1. The second kappa shape index (κ2) is 11.3. The molecule has 2 aromatic carbocycles. The first-order valence-electron chi connectivity index (χ1n) is 9.57. The molecule has 7 nitrogen and oxygen atoms in total. The average Bonchev–Trinajstić information content (AvgIpc) is 3.13. The summed E-state index contributed by atoms with van der Waals surface area (Å²) in [6.45, 7) is 2.74. The van der Waals surface area contributed by atoms with Gasteiger partial charge in [-0.15, -0.1) is 5.92 Å². The van der Waals surface area contributed by atoms with Crippen LogP contribution in [0.5, 0.6) is 5.75 Å². The minimum absolute atomic E-state index is 0. The summed E-state index contributed by atoms with van der Waals surface area (Å²) < 4.78 is 19.1. The average molecular weight is 443 g/mol. The predicted octanol–water partition coefficient (Wildman–Crippen LogP) is 2.75. The number of hydrogen-bond donors (Lipinski definition) is 1. The van der Waals surface area contributed by atoms with Gasteiger partial charge in [0.05, 0.1) is 30.6 Å². The van der Waals surface area contributed by atoms with Crippen LogP contribution in [0, 0.1) is 11.8 Å². The molecule has 31 heavy (non-hydrogen) atoms. The SMILES string of the molecule is CC#C[C@@H](CC(=O)O)c1ccc(OCc2ccc3c(cnn3CCS(C)=O)c2)cc1.O. The molecule has 0 saturated heterocycles. The van der Waals surface area contributed by atoms with Crippen LogP contribution in [-0.4, -0.2) is 42.6 Å². The van der Waals surface area contributed by atoms with Crippen molar-refractivity contribution in [2.75, 3.05) is 12.0 Å². The minimum Gasteiger partial charge on any atom is -0.489 e. The van der Waals surface area contributed by atoms with E-state index in [-0.39, 0.29) is 17.8 Å². The summed E-state index contributed by atoms with van der Waals surface area (Å²) in [4.78, 5) is 11.0. The van der Waals surface area contributed by atoms with Crippen LogP contribution >= 0.6 is 0 Å². The minimum atomic E-state index is -0.871. The molecular weight excluding hydrogens is 416 g/mol. The number of ether oxygens (including phenoxy) is 1. The van der Waals surface area contributed by atoms with Crippen molar-refractivity contribution in [2.45, 2.75) is 32.4 Å². The molecule has 0 aliphatic heterocycles. The molecule has 3 rings (SSSR count). The van der Waals surface area contributed by atoms with E-state index in [9.17, 15) is 9.00 Å². The van der Waals surface area contributed by atoms with E-state index in [0.29, 0.717) is 24.7 Å². The summed E-state index contributed by atoms with van der Waals surface area (Å²) in [5.41, 5.74) is 2.89. The highest BCUT2D eigenvalue weighted by Crippen LogP contribution is 2.23.